The SMILES string of the molecule is C[C@@H]1[C@H](c2ccccc2)O[C@H](c2ccccc2Cl)N1C. The van der Waals surface area contributed by atoms with Crippen LogP contribution < -0.4 is 0 Å². The Hall–Kier alpha value is -1.35. The van der Waals surface area contributed by atoms with Crippen LogP contribution >= 0.6 is 11.6 Å². The summed E-state index contributed by atoms with van der Waals surface area (Å²) in [5, 5.41) is 0.755. The van der Waals surface area contributed by atoms with Crippen molar-refractivity contribution >= 4 is 11.6 Å². The molecule has 0 N–H and O–H groups in total. The fourth-order valence-electron chi connectivity index (χ4n) is 2.74. The monoisotopic (exact) mass is 287 g/mol. The van der Waals surface area contributed by atoms with Gasteiger partial charge in [-0.1, -0.05) is 60.1 Å². The first kappa shape index (κ1) is 13.6. The summed E-state index contributed by atoms with van der Waals surface area (Å²) in [6, 6.07) is 18.5. The highest BCUT2D eigenvalue weighted by molar-refractivity contribution is 6.31. The second-order valence-electron chi connectivity index (χ2n) is 5.25. The van der Waals surface area contributed by atoms with Crippen LogP contribution in [0, 0.1) is 0 Å². The molecule has 0 saturated carbocycles. The van der Waals surface area contributed by atoms with Crippen molar-refractivity contribution in [3.63, 3.8) is 0 Å². The molecule has 20 heavy (non-hydrogen) atoms. The smallest absolute Gasteiger partial charge is 0.139 e. The Kier molecular flexibility index (Phi) is 3.79. The maximum Gasteiger partial charge on any atom is 0.139 e. The summed E-state index contributed by atoms with van der Waals surface area (Å²) in [4.78, 5) is 2.24. The van der Waals surface area contributed by atoms with E-state index in [0.29, 0.717) is 6.04 Å². The first-order valence-corrected chi connectivity index (χ1v) is 7.23. The highest BCUT2D eigenvalue weighted by Crippen LogP contribution is 2.42. The van der Waals surface area contributed by atoms with Crippen molar-refractivity contribution in [2.75, 3.05) is 7.05 Å². The zero-order valence-corrected chi connectivity index (χ0v) is 12.4. The molecule has 1 saturated heterocycles. The molecule has 0 aromatic heterocycles. The number of halogens is 1. The van der Waals surface area contributed by atoms with Gasteiger partial charge in [0.2, 0.25) is 0 Å². The van der Waals surface area contributed by atoms with Gasteiger partial charge in [0.05, 0.1) is 0 Å². The van der Waals surface area contributed by atoms with E-state index < -0.39 is 0 Å². The normalized spacial score (nSPS) is 26.9. The van der Waals surface area contributed by atoms with Crippen LogP contribution in [-0.2, 0) is 4.74 Å². The van der Waals surface area contributed by atoms with Gasteiger partial charge in [-0.25, -0.2) is 0 Å². The number of likely N-dealkylation sites (N-methyl/N-ethyl adjacent to an activating group) is 1. The Labute approximate surface area is 124 Å². The van der Waals surface area contributed by atoms with E-state index in [1.165, 1.54) is 5.56 Å². The number of benzene rings is 2. The van der Waals surface area contributed by atoms with Crippen molar-refractivity contribution in [2.45, 2.75) is 25.3 Å². The van der Waals surface area contributed by atoms with E-state index in [-0.39, 0.29) is 12.3 Å². The lowest BCUT2D eigenvalue weighted by atomic mass is 10.0. The Balaban J connectivity index is 1.91. The van der Waals surface area contributed by atoms with Crippen LogP contribution in [0.3, 0.4) is 0 Å². The summed E-state index contributed by atoms with van der Waals surface area (Å²) in [6.07, 6.45) is -0.0219. The lowest BCUT2D eigenvalue weighted by Gasteiger charge is -2.22. The molecule has 0 unspecified atom stereocenters. The van der Waals surface area contributed by atoms with Crippen molar-refractivity contribution in [1.29, 1.82) is 0 Å². The van der Waals surface area contributed by atoms with Crippen molar-refractivity contribution in [3.8, 4) is 0 Å². The Bertz CT molecular complexity index is 587. The molecule has 1 aliphatic heterocycles. The van der Waals surface area contributed by atoms with Crippen LogP contribution in [0.5, 0.6) is 0 Å². The minimum atomic E-state index is -0.0936. The predicted octanol–water partition coefficient (Wildman–Crippen LogP) is 4.43. The van der Waals surface area contributed by atoms with Crippen LogP contribution in [0.15, 0.2) is 54.6 Å². The minimum Gasteiger partial charge on any atom is -0.349 e. The molecule has 1 heterocycles. The average molecular weight is 288 g/mol. The van der Waals surface area contributed by atoms with E-state index in [4.69, 9.17) is 16.3 Å². The molecular formula is C17H18ClNO. The molecule has 3 heteroatoms. The van der Waals surface area contributed by atoms with Crippen LogP contribution in [0.1, 0.15) is 30.4 Å². The second kappa shape index (κ2) is 5.57. The number of ether oxygens (including phenoxy) is 1. The zero-order valence-electron chi connectivity index (χ0n) is 11.7. The van der Waals surface area contributed by atoms with E-state index in [0.717, 1.165) is 10.6 Å². The highest BCUT2D eigenvalue weighted by Gasteiger charge is 2.39. The maximum atomic E-state index is 6.30. The fraction of sp³-hybridized carbons (Fsp3) is 0.294. The standard InChI is InChI=1S/C17H18ClNO/c1-12-16(13-8-4-3-5-9-13)20-17(19(12)2)14-10-6-7-11-15(14)18/h3-12,16-17H,1-2H3/t12-,16-,17-/m1/s1. The molecule has 2 nitrogen and oxygen atoms in total. The third kappa shape index (κ3) is 2.35. The van der Waals surface area contributed by atoms with E-state index >= 15 is 0 Å². The molecule has 3 atom stereocenters. The quantitative estimate of drug-likeness (QED) is 0.810. The molecule has 0 aliphatic carbocycles. The van der Waals surface area contributed by atoms with E-state index in [1.54, 1.807) is 0 Å². The van der Waals surface area contributed by atoms with E-state index in [1.807, 2.05) is 42.5 Å². The van der Waals surface area contributed by atoms with Crippen LogP contribution in [-0.4, -0.2) is 18.0 Å². The number of hydrogen-bond acceptors (Lipinski definition) is 2. The summed E-state index contributed by atoms with van der Waals surface area (Å²) in [7, 11) is 2.08. The zero-order chi connectivity index (χ0) is 14.1. The lowest BCUT2D eigenvalue weighted by Crippen LogP contribution is -2.27. The van der Waals surface area contributed by atoms with Gasteiger partial charge in [0.15, 0.2) is 0 Å². The Morgan fingerprint density at radius 1 is 1.00 bits per heavy atom. The van der Waals surface area contributed by atoms with Gasteiger partial charge < -0.3 is 4.74 Å². The molecule has 2 aromatic rings. The van der Waals surface area contributed by atoms with Gasteiger partial charge in [0.25, 0.3) is 0 Å². The third-order valence-electron chi connectivity index (χ3n) is 4.03. The molecule has 104 valence electrons. The number of rotatable bonds is 2. The van der Waals surface area contributed by atoms with Gasteiger partial charge in [-0.2, -0.15) is 0 Å². The van der Waals surface area contributed by atoms with E-state index in [2.05, 4.69) is 31.0 Å². The van der Waals surface area contributed by atoms with Gasteiger partial charge in [0.1, 0.15) is 12.3 Å². The highest BCUT2D eigenvalue weighted by atomic mass is 35.5. The summed E-state index contributed by atoms with van der Waals surface area (Å²) in [5.41, 5.74) is 2.24. The van der Waals surface area contributed by atoms with Gasteiger partial charge in [-0.15, -0.1) is 0 Å². The Morgan fingerprint density at radius 2 is 1.65 bits per heavy atom. The number of nitrogens with zero attached hydrogens (tertiary/aromatic N) is 1. The minimum absolute atomic E-state index is 0.0717. The molecule has 2 aromatic carbocycles. The molecule has 0 radical (unpaired) electrons. The first-order chi connectivity index (χ1) is 9.68. The van der Waals surface area contributed by atoms with Crippen LogP contribution in [0.25, 0.3) is 0 Å². The van der Waals surface area contributed by atoms with Crippen LogP contribution in [0.4, 0.5) is 0 Å². The molecule has 0 amide bonds. The van der Waals surface area contributed by atoms with Gasteiger partial charge in [0, 0.05) is 16.6 Å². The van der Waals surface area contributed by atoms with Gasteiger partial charge in [-0.3, -0.25) is 4.90 Å². The molecule has 0 spiro atoms. The van der Waals surface area contributed by atoms with Crippen LogP contribution in [0.2, 0.25) is 5.02 Å². The fourth-order valence-corrected chi connectivity index (χ4v) is 2.97. The molecule has 1 aliphatic rings. The number of hydrogen-bond donors (Lipinski definition) is 0. The van der Waals surface area contributed by atoms with Crippen molar-refractivity contribution in [2.24, 2.45) is 0 Å². The largest absolute Gasteiger partial charge is 0.349 e. The molecule has 3 rings (SSSR count). The van der Waals surface area contributed by atoms with E-state index in [9.17, 15) is 0 Å². The summed E-state index contributed by atoms with van der Waals surface area (Å²) in [5.74, 6) is 0. The molecular weight excluding hydrogens is 270 g/mol. The second-order valence-corrected chi connectivity index (χ2v) is 5.65. The van der Waals surface area contributed by atoms with Gasteiger partial charge in [-0.05, 0) is 25.6 Å². The lowest BCUT2D eigenvalue weighted by molar-refractivity contribution is 0.00567. The summed E-state index contributed by atoms with van der Waals surface area (Å²) < 4.78 is 6.28. The van der Waals surface area contributed by atoms with Gasteiger partial charge >= 0.3 is 0 Å². The first-order valence-electron chi connectivity index (χ1n) is 6.85. The average Bonchev–Trinajstić information content (AvgIpc) is 2.77. The third-order valence-corrected chi connectivity index (χ3v) is 4.37. The molecule has 1 fully saturated rings. The Morgan fingerprint density at radius 3 is 2.35 bits per heavy atom. The summed E-state index contributed by atoms with van der Waals surface area (Å²) in [6.45, 7) is 2.19. The summed E-state index contributed by atoms with van der Waals surface area (Å²) >= 11 is 6.30. The maximum absolute atomic E-state index is 6.30. The van der Waals surface area contributed by atoms with Crippen molar-refractivity contribution in [3.05, 3.63) is 70.7 Å². The topological polar surface area (TPSA) is 12.5 Å². The molecule has 0 bridgehead atoms. The van der Waals surface area contributed by atoms with Crippen molar-refractivity contribution in [1.82, 2.24) is 4.90 Å². The van der Waals surface area contributed by atoms with Crippen molar-refractivity contribution < 1.29 is 4.74 Å². The predicted molar refractivity (Wildman–Crippen MR) is 81.7 cm³/mol.